The van der Waals surface area contributed by atoms with Crippen LogP contribution in [0, 0.1) is 0 Å². The molecule has 0 bridgehead atoms. The Balaban J connectivity index is 0.00000243. The van der Waals surface area contributed by atoms with Gasteiger partial charge in [0.2, 0.25) is 0 Å². The molecule has 0 atom stereocenters. The van der Waals surface area contributed by atoms with Crippen LogP contribution in [0.1, 0.15) is 16.7 Å². The second-order valence-corrected chi connectivity index (χ2v) is 5.82. The standard InChI is InChI=1S/C22H23NO2.ClH/c23-15-14-20-21(24-16-18-8-3-1-4-9-18)12-7-13-22(20)25-17-19-10-5-2-6-11-19;/h1-13H,14-17,23H2;1H. The van der Waals surface area contributed by atoms with Crippen molar-refractivity contribution in [1.29, 1.82) is 0 Å². The molecule has 3 nitrogen and oxygen atoms in total. The van der Waals surface area contributed by atoms with Crippen LogP contribution in [0.2, 0.25) is 0 Å². The topological polar surface area (TPSA) is 44.5 Å². The number of halogens is 1. The van der Waals surface area contributed by atoms with Gasteiger partial charge in [0.1, 0.15) is 24.7 Å². The molecule has 0 aliphatic rings. The van der Waals surface area contributed by atoms with Crippen molar-refractivity contribution in [3.8, 4) is 11.5 Å². The highest BCUT2D eigenvalue weighted by Crippen LogP contribution is 2.30. The average Bonchev–Trinajstić information content (AvgIpc) is 2.68. The molecule has 26 heavy (non-hydrogen) atoms. The third-order valence-electron chi connectivity index (χ3n) is 3.96. The fourth-order valence-corrected chi connectivity index (χ4v) is 2.68. The SMILES string of the molecule is Cl.NCCc1c(OCc2ccccc2)cccc1OCc1ccccc1. The smallest absolute Gasteiger partial charge is 0.126 e. The fraction of sp³-hybridized carbons (Fsp3) is 0.182. The van der Waals surface area contributed by atoms with Crippen molar-refractivity contribution < 1.29 is 9.47 Å². The number of benzene rings is 3. The van der Waals surface area contributed by atoms with E-state index in [9.17, 15) is 0 Å². The van der Waals surface area contributed by atoms with Crippen LogP contribution in [0.15, 0.2) is 78.9 Å². The van der Waals surface area contributed by atoms with Gasteiger partial charge in [0.25, 0.3) is 0 Å². The van der Waals surface area contributed by atoms with Crippen LogP contribution < -0.4 is 15.2 Å². The number of rotatable bonds is 8. The van der Waals surface area contributed by atoms with Gasteiger partial charge < -0.3 is 15.2 Å². The van der Waals surface area contributed by atoms with Gasteiger partial charge in [-0.25, -0.2) is 0 Å². The van der Waals surface area contributed by atoms with Crippen LogP contribution in [0.5, 0.6) is 11.5 Å². The van der Waals surface area contributed by atoms with E-state index in [1.807, 2.05) is 54.6 Å². The van der Waals surface area contributed by atoms with Crippen molar-refractivity contribution in [2.75, 3.05) is 6.54 Å². The summed E-state index contributed by atoms with van der Waals surface area (Å²) in [6, 6.07) is 26.2. The summed E-state index contributed by atoms with van der Waals surface area (Å²) in [4.78, 5) is 0. The Kier molecular flexibility index (Phi) is 8.00. The second-order valence-electron chi connectivity index (χ2n) is 5.82. The van der Waals surface area contributed by atoms with Crippen molar-refractivity contribution in [1.82, 2.24) is 0 Å². The van der Waals surface area contributed by atoms with Gasteiger partial charge in [0.15, 0.2) is 0 Å². The van der Waals surface area contributed by atoms with Gasteiger partial charge in [-0.2, -0.15) is 0 Å². The van der Waals surface area contributed by atoms with Crippen molar-refractivity contribution >= 4 is 12.4 Å². The quantitative estimate of drug-likeness (QED) is 0.622. The van der Waals surface area contributed by atoms with E-state index in [1.165, 1.54) is 0 Å². The first-order chi connectivity index (χ1) is 12.4. The molecule has 0 saturated heterocycles. The Labute approximate surface area is 161 Å². The van der Waals surface area contributed by atoms with Gasteiger partial charge in [-0.15, -0.1) is 12.4 Å². The summed E-state index contributed by atoms with van der Waals surface area (Å²) in [5.74, 6) is 1.67. The summed E-state index contributed by atoms with van der Waals surface area (Å²) >= 11 is 0. The van der Waals surface area contributed by atoms with E-state index >= 15 is 0 Å². The Bertz CT molecular complexity index is 717. The zero-order valence-corrected chi connectivity index (χ0v) is 15.5. The third kappa shape index (κ3) is 5.51. The van der Waals surface area contributed by atoms with Crippen LogP contribution in [0.25, 0.3) is 0 Å². The lowest BCUT2D eigenvalue weighted by Crippen LogP contribution is -2.08. The lowest BCUT2D eigenvalue weighted by Gasteiger charge is -2.16. The molecule has 0 unspecified atom stereocenters. The van der Waals surface area contributed by atoms with Crippen molar-refractivity contribution in [2.45, 2.75) is 19.6 Å². The molecular weight excluding hydrogens is 346 g/mol. The number of ether oxygens (including phenoxy) is 2. The molecule has 0 fully saturated rings. The maximum Gasteiger partial charge on any atom is 0.126 e. The maximum absolute atomic E-state index is 6.03. The van der Waals surface area contributed by atoms with Crippen molar-refractivity contribution in [3.63, 3.8) is 0 Å². The highest BCUT2D eigenvalue weighted by atomic mass is 35.5. The predicted octanol–water partition coefficient (Wildman–Crippen LogP) is 4.77. The first-order valence-electron chi connectivity index (χ1n) is 8.52. The van der Waals surface area contributed by atoms with Crippen LogP contribution in [-0.2, 0) is 19.6 Å². The lowest BCUT2D eigenvalue weighted by atomic mass is 10.1. The van der Waals surface area contributed by atoms with Crippen molar-refractivity contribution in [3.05, 3.63) is 95.6 Å². The summed E-state index contributed by atoms with van der Waals surface area (Å²) in [5.41, 5.74) is 9.10. The van der Waals surface area contributed by atoms with Gasteiger partial charge in [0.05, 0.1) is 0 Å². The Morgan fingerprint density at radius 1 is 0.615 bits per heavy atom. The van der Waals surface area contributed by atoms with E-state index in [0.29, 0.717) is 19.8 Å². The summed E-state index contributed by atoms with van der Waals surface area (Å²) in [7, 11) is 0. The molecule has 0 aromatic heterocycles. The van der Waals surface area contributed by atoms with Gasteiger partial charge in [-0.1, -0.05) is 66.7 Å². The molecule has 136 valence electrons. The van der Waals surface area contributed by atoms with Gasteiger partial charge in [-0.05, 0) is 36.2 Å². The van der Waals surface area contributed by atoms with Crippen LogP contribution in [0.3, 0.4) is 0 Å². The molecule has 0 aliphatic carbocycles. The molecule has 3 rings (SSSR count). The third-order valence-corrected chi connectivity index (χ3v) is 3.96. The first-order valence-corrected chi connectivity index (χ1v) is 8.52. The van der Waals surface area contributed by atoms with E-state index in [4.69, 9.17) is 15.2 Å². The molecular formula is C22H24ClNO2. The van der Waals surface area contributed by atoms with Gasteiger partial charge >= 0.3 is 0 Å². The maximum atomic E-state index is 6.03. The predicted molar refractivity (Wildman–Crippen MR) is 108 cm³/mol. The fourth-order valence-electron chi connectivity index (χ4n) is 2.68. The second kappa shape index (κ2) is 10.5. The zero-order valence-electron chi connectivity index (χ0n) is 14.6. The molecule has 0 heterocycles. The molecule has 0 saturated carbocycles. The van der Waals surface area contributed by atoms with E-state index in [2.05, 4.69) is 24.3 Å². The van der Waals surface area contributed by atoms with Crippen LogP contribution >= 0.6 is 12.4 Å². The minimum Gasteiger partial charge on any atom is -0.488 e. The Morgan fingerprint density at radius 2 is 1.08 bits per heavy atom. The summed E-state index contributed by atoms with van der Waals surface area (Å²) < 4.78 is 12.1. The van der Waals surface area contributed by atoms with Crippen LogP contribution in [0.4, 0.5) is 0 Å². The molecule has 2 N–H and O–H groups in total. The molecule has 3 aromatic rings. The van der Waals surface area contributed by atoms with Gasteiger partial charge in [0, 0.05) is 5.56 Å². The minimum atomic E-state index is 0. The molecule has 4 heteroatoms. The summed E-state index contributed by atoms with van der Waals surface area (Å²) in [6.07, 6.45) is 0.717. The highest BCUT2D eigenvalue weighted by Gasteiger charge is 2.11. The molecule has 0 aliphatic heterocycles. The van der Waals surface area contributed by atoms with E-state index in [0.717, 1.165) is 34.6 Å². The number of nitrogens with two attached hydrogens (primary N) is 1. The summed E-state index contributed by atoms with van der Waals surface area (Å²) in [5, 5.41) is 0. The van der Waals surface area contributed by atoms with E-state index in [1.54, 1.807) is 0 Å². The molecule has 0 amide bonds. The Morgan fingerprint density at radius 3 is 1.50 bits per heavy atom. The minimum absolute atomic E-state index is 0. The number of hydrogen-bond donors (Lipinski definition) is 1. The van der Waals surface area contributed by atoms with Crippen molar-refractivity contribution in [2.24, 2.45) is 5.73 Å². The summed E-state index contributed by atoms with van der Waals surface area (Å²) in [6.45, 7) is 1.61. The first kappa shape index (κ1) is 19.8. The van der Waals surface area contributed by atoms with Crippen LogP contribution in [-0.4, -0.2) is 6.54 Å². The van der Waals surface area contributed by atoms with Gasteiger partial charge in [-0.3, -0.25) is 0 Å². The molecule has 0 spiro atoms. The molecule has 3 aromatic carbocycles. The highest BCUT2D eigenvalue weighted by molar-refractivity contribution is 5.85. The van der Waals surface area contributed by atoms with E-state index in [-0.39, 0.29) is 12.4 Å². The number of hydrogen-bond acceptors (Lipinski definition) is 3. The van der Waals surface area contributed by atoms with E-state index < -0.39 is 0 Å². The zero-order chi connectivity index (χ0) is 17.3. The largest absolute Gasteiger partial charge is 0.488 e. The molecule has 0 radical (unpaired) electrons. The average molecular weight is 370 g/mol. The Hall–Kier alpha value is -2.49. The normalized spacial score (nSPS) is 10.0. The lowest BCUT2D eigenvalue weighted by molar-refractivity contribution is 0.284. The monoisotopic (exact) mass is 369 g/mol.